The van der Waals surface area contributed by atoms with E-state index in [4.69, 9.17) is 0 Å². The minimum absolute atomic E-state index is 0.180. The molecule has 0 unspecified atom stereocenters. The minimum Gasteiger partial charge on any atom is -0.273 e. The summed E-state index contributed by atoms with van der Waals surface area (Å²) in [5.74, 6) is -0.656. The molecule has 6 nitrogen and oxygen atoms in total. The van der Waals surface area contributed by atoms with Crippen LogP contribution in [-0.4, -0.2) is 21.6 Å². The second-order valence-electron chi connectivity index (χ2n) is 6.31. The van der Waals surface area contributed by atoms with E-state index in [1.807, 2.05) is 54.7 Å². The number of hydrogen-bond acceptors (Lipinski definition) is 3. The van der Waals surface area contributed by atoms with E-state index in [2.05, 4.69) is 16.0 Å². The standard InChI is InChI=1S/C22H18N4O2/c27-21(15-18-7-3-6-16-5-1-2-8-20(16)18)24-25-22(28)17-9-11-19(12-10-17)26-14-4-13-23-26/h1-14H,15H2,(H,24,27)(H,25,28). The van der Waals surface area contributed by atoms with Gasteiger partial charge in [-0.3, -0.25) is 20.4 Å². The summed E-state index contributed by atoms with van der Waals surface area (Å²) in [4.78, 5) is 24.5. The molecule has 0 aliphatic rings. The Bertz CT molecular complexity index is 1110. The molecule has 138 valence electrons. The molecule has 0 saturated heterocycles. The van der Waals surface area contributed by atoms with Crippen LogP contribution in [0.1, 0.15) is 15.9 Å². The minimum atomic E-state index is -0.377. The van der Waals surface area contributed by atoms with E-state index >= 15 is 0 Å². The molecule has 3 aromatic carbocycles. The first-order valence-corrected chi connectivity index (χ1v) is 8.86. The molecule has 1 aromatic heterocycles. The van der Waals surface area contributed by atoms with Gasteiger partial charge in [-0.1, -0.05) is 42.5 Å². The zero-order chi connectivity index (χ0) is 19.3. The monoisotopic (exact) mass is 370 g/mol. The van der Waals surface area contributed by atoms with E-state index < -0.39 is 0 Å². The fourth-order valence-corrected chi connectivity index (χ4v) is 3.05. The molecule has 0 aliphatic heterocycles. The third-order valence-electron chi connectivity index (χ3n) is 4.44. The van der Waals surface area contributed by atoms with Crippen molar-refractivity contribution in [3.63, 3.8) is 0 Å². The Morgan fingerprint density at radius 1 is 0.857 bits per heavy atom. The summed E-state index contributed by atoms with van der Waals surface area (Å²) in [7, 11) is 0. The highest BCUT2D eigenvalue weighted by Crippen LogP contribution is 2.18. The Hall–Kier alpha value is -3.93. The average Bonchev–Trinajstić information content (AvgIpc) is 3.27. The van der Waals surface area contributed by atoms with Crippen LogP contribution in [0.4, 0.5) is 0 Å². The van der Waals surface area contributed by atoms with Crippen molar-refractivity contribution in [2.24, 2.45) is 0 Å². The van der Waals surface area contributed by atoms with Crippen LogP contribution in [0.15, 0.2) is 85.2 Å². The highest BCUT2D eigenvalue weighted by atomic mass is 16.2. The van der Waals surface area contributed by atoms with Gasteiger partial charge in [0.2, 0.25) is 5.91 Å². The van der Waals surface area contributed by atoms with Crippen molar-refractivity contribution >= 4 is 22.6 Å². The van der Waals surface area contributed by atoms with Crippen molar-refractivity contribution in [3.05, 3.63) is 96.3 Å². The maximum absolute atomic E-state index is 12.3. The molecule has 4 rings (SSSR count). The van der Waals surface area contributed by atoms with Crippen LogP contribution in [0.25, 0.3) is 16.5 Å². The third kappa shape index (κ3) is 3.76. The van der Waals surface area contributed by atoms with Crippen molar-refractivity contribution in [2.45, 2.75) is 6.42 Å². The van der Waals surface area contributed by atoms with Crippen LogP contribution in [0, 0.1) is 0 Å². The molecule has 0 aliphatic carbocycles. The van der Waals surface area contributed by atoms with Crippen LogP contribution in [-0.2, 0) is 11.2 Å². The predicted molar refractivity (Wildman–Crippen MR) is 107 cm³/mol. The van der Waals surface area contributed by atoms with Gasteiger partial charge < -0.3 is 0 Å². The van der Waals surface area contributed by atoms with Crippen LogP contribution < -0.4 is 10.9 Å². The van der Waals surface area contributed by atoms with E-state index in [0.717, 1.165) is 22.0 Å². The first kappa shape index (κ1) is 17.5. The van der Waals surface area contributed by atoms with Gasteiger partial charge in [-0.25, -0.2) is 4.68 Å². The zero-order valence-electron chi connectivity index (χ0n) is 15.0. The lowest BCUT2D eigenvalue weighted by atomic mass is 10.0. The van der Waals surface area contributed by atoms with Crippen LogP contribution in [0.2, 0.25) is 0 Å². The zero-order valence-corrected chi connectivity index (χ0v) is 15.0. The van der Waals surface area contributed by atoms with Crippen molar-refractivity contribution in [1.82, 2.24) is 20.6 Å². The molecular weight excluding hydrogens is 352 g/mol. The fourth-order valence-electron chi connectivity index (χ4n) is 3.05. The highest BCUT2D eigenvalue weighted by molar-refractivity contribution is 5.96. The first-order valence-electron chi connectivity index (χ1n) is 8.86. The number of nitrogens with zero attached hydrogens (tertiary/aromatic N) is 2. The van der Waals surface area contributed by atoms with Gasteiger partial charge in [0.1, 0.15) is 0 Å². The number of aromatic nitrogens is 2. The largest absolute Gasteiger partial charge is 0.273 e. The number of rotatable bonds is 4. The van der Waals surface area contributed by atoms with Gasteiger partial charge in [-0.05, 0) is 46.7 Å². The number of benzene rings is 3. The maximum atomic E-state index is 12.3. The first-order chi connectivity index (χ1) is 13.7. The summed E-state index contributed by atoms with van der Waals surface area (Å²) >= 11 is 0. The van der Waals surface area contributed by atoms with Gasteiger partial charge in [0.15, 0.2) is 0 Å². The number of carbonyl (C=O) groups excluding carboxylic acids is 2. The smallest absolute Gasteiger partial charge is 0.269 e. The lowest BCUT2D eigenvalue weighted by molar-refractivity contribution is -0.121. The predicted octanol–water partition coefficient (Wildman–Crippen LogP) is 3.03. The van der Waals surface area contributed by atoms with Gasteiger partial charge in [0, 0.05) is 18.0 Å². The fraction of sp³-hybridized carbons (Fsp3) is 0.0455. The van der Waals surface area contributed by atoms with E-state index in [1.165, 1.54) is 0 Å². The van der Waals surface area contributed by atoms with Crippen LogP contribution in [0.5, 0.6) is 0 Å². The highest BCUT2D eigenvalue weighted by Gasteiger charge is 2.10. The molecule has 0 atom stereocenters. The quantitative estimate of drug-likeness (QED) is 0.542. The number of fused-ring (bicyclic) bond motifs is 1. The molecule has 2 N–H and O–H groups in total. The van der Waals surface area contributed by atoms with Gasteiger partial charge in [-0.2, -0.15) is 5.10 Å². The Labute approximate surface area is 161 Å². The number of hydrogen-bond donors (Lipinski definition) is 2. The van der Waals surface area contributed by atoms with Crippen molar-refractivity contribution in [3.8, 4) is 5.69 Å². The van der Waals surface area contributed by atoms with Crippen molar-refractivity contribution < 1.29 is 9.59 Å². The van der Waals surface area contributed by atoms with Crippen LogP contribution in [0.3, 0.4) is 0 Å². The average molecular weight is 370 g/mol. The molecule has 6 heteroatoms. The number of hydrazine groups is 1. The van der Waals surface area contributed by atoms with Crippen LogP contribution >= 0.6 is 0 Å². The molecule has 28 heavy (non-hydrogen) atoms. The summed E-state index contributed by atoms with van der Waals surface area (Å²) in [6.45, 7) is 0. The number of nitrogens with one attached hydrogen (secondary N) is 2. The normalized spacial score (nSPS) is 10.6. The molecule has 0 fully saturated rings. The van der Waals surface area contributed by atoms with Crippen molar-refractivity contribution in [2.75, 3.05) is 0 Å². The SMILES string of the molecule is O=C(Cc1cccc2ccccc12)NNC(=O)c1ccc(-n2cccn2)cc1. The molecule has 0 saturated carbocycles. The second-order valence-corrected chi connectivity index (χ2v) is 6.31. The summed E-state index contributed by atoms with van der Waals surface area (Å²) in [5, 5.41) is 6.25. The summed E-state index contributed by atoms with van der Waals surface area (Å²) in [5.41, 5.74) is 7.15. The molecule has 0 bridgehead atoms. The molecule has 4 aromatic rings. The Kier molecular flexibility index (Phi) is 4.84. The lowest BCUT2D eigenvalue weighted by Gasteiger charge is -2.09. The Morgan fingerprint density at radius 3 is 2.43 bits per heavy atom. The molecule has 0 radical (unpaired) electrons. The van der Waals surface area contributed by atoms with E-state index in [-0.39, 0.29) is 18.2 Å². The van der Waals surface area contributed by atoms with Crippen molar-refractivity contribution in [1.29, 1.82) is 0 Å². The molecule has 1 heterocycles. The van der Waals surface area contributed by atoms with Gasteiger partial charge >= 0.3 is 0 Å². The second kappa shape index (κ2) is 7.75. The summed E-state index contributed by atoms with van der Waals surface area (Å²) in [6, 6.07) is 22.5. The lowest BCUT2D eigenvalue weighted by Crippen LogP contribution is -2.42. The Morgan fingerprint density at radius 2 is 1.64 bits per heavy atom. The molecule has 0 spiro atoms. The molecule has 2 amide bonds. The van der Waals surface area contributed by atoms with Gasteiger partial charge in [-0.15, -0.1) is 0 Å². The summed E-state index contributed by atoms with van der Waals surface area (Å²) < 4.78 is 1.70. The van der Waals surface area contributed by atoms with Gasteiger partial charge in [0.25, 0.3) is 5.91 Å². The van der Waals surface area contributed by atoms with E-state index in [9.17, 15) is 9.59 Å². The number of carbonyl (C=O) groups is 2. The van der Waals surface area contributed by atoms with E-state index in [0.29, 0.717) is 5.56 Å². The summed E-state index contributed by atoms with van der Waals surface area (Å²) in [6.07, 6.45) is 3.69. The molecular formula is C22H18N4O2. The topological polar surface area (TPSA) is 76.0 Å². The maximum Gasteiger partial charge on any atom is 0.269 e. The van der Waals surface area contributed by atoms with E-state index in [1.54, 1.807) is 35.1 Å². The Balaban J connectivity index is 1.37. The third-order valence-corrected chi connectivity index (χ3v) is 4.44. The van der Waals surface area contributed by atoms with Gasteiger partial charge in [0.05, 0.1) is 12.1 Å². The number of amides is 2.